The molecule has 1 aliphatic rings. The molecule has 106 valence electrons. The fraction of sp³-hybridized carbons (Fsp3) is 0. The maximum Gasteiger partial charge on any atom is 0.272 e. The summed E-state index contributed by atoms with van der Waals surface area (Å²) in [5.74, 6) is -0.289. The first-order chi connectivity index (χ1) is 10.6. The molecule has 0 saturated carbocycles. The van der Waals surface area contributed by atoms with Crippen molar-refractivity contribution in [1.82, 2.24) is 0 Å². The highest BCUT2D eigenvalue weighted by Gasteiger charge is 2.36. The van der Waals surface area contributed by atoms with Gasteiger partial charge in [-0.05, 0) is 35.0 Å². The molecule has 1 heterocycles. The van der Waals surface area contributed by atoms with Crippen molar-refractivity contribution in [1.29, 1.82) is 0 Å². The van der Waals surface area contributed by atoms with Gasteiger partial charge in [-0.1, -0.05) is 41.9 Å². The zero-order valence-electron chi connectivity index (χ0n) is 11.4. The molecule has 3 nitrogen and oxygen atoms in total. The predicted octanol–water partition coefficient (Wildman–Crippen LogP) is 4.32. The van der Waals surface area contributed by atoms with E-state index in [1.165, 1.54) is 6.07 Å². The van der Waals surface area contributed by atoms with Crippen molar-refractivity contribution in [2.24, 2.45) is 0 Å². The van der Waals surface area contributed by atoms with Crippen LogP contribution >= 0.6 is 11.6 Å². The standard InChI is InChI=1S/C18H10ClNO2/c19-14-7-8-16-15(10-14)18(21)17(20(16)22)13-6-5-11-3-1-2-4-12(11)9-13/h1-10H. The number of hydrogen-bond donors (Lipinski definition) is 0. The maximum atomic E-state index is 12.6. The van der Waals surface area contributed by atoms with Crippen molar-refractivity contribution in [3.63, 3.8) is 0 Å². The lowest BCUT2D eigenvalue weighted by molar-refractivity contribution is -0.355. The fourth-order valence-electron chi connectivity index (χ4n) is 2.79. The summed E-state index contributed by atoms with van der Waals surface area (Å²) in [5, 5.41) is 15.0. The molecule has 3 aromatic carbocycles. The minimum atomic E-state index is -0.289. The third-order valence-electron chi connectivity index (χ3n) is 3.86. The van der Waals surface area contributed by atoms with Crippen LogP contribution in [0.2, 0.25) is 5.02 Å². The molecular weight excluding hydrogens is 298 g/mol. The summed E-state index contributed by atoms with van der Waals surface area (Å²) in [5.41, 5.74) is 1.46. The second-order valence-corrected chi connectivity index (χ2v) is 5.63. The number of ketones is 1. The van der Waals surface area contributed by atoms with E-state index in [0.717, 1.165) is 10.8 Å². The molecule has 0 unspecified atom stereocenters. The summed E-state index contributed by atoms with van der Waals surface area (Å²) in [4.78, 5) is 12.6. The van der Waals surface area contributed by atoms with Crippen molar-refractivity contribution < 1.29 is 9.53 Å². The van der Waals surface area contributed by atoms with Crippen molar-refractivity contribution in [2.45, 2.75) is 0 Å². The number of benzene rings is 3. The highest BCUT2D eigenvalue weighted by Crippen LogP contribution is 2.31. The Labute approximate surface area is 131 Å². The number of hydrogen-bond acceptors (Lipinski definition) is 2. The van der Waals surface area contributed by atoms with Crippen molar-refractivity contribution in [3.05, 3.63) is 82.0 Å². The van der Waals surface area contributed by atoms with Gasteiger partial charge in [0.2, 0.25) is 5.69 Å². The molecule has 22 heavy (non-hydrogen) atoms. The van der Waals surface area contributed by atoms with E-state index in [1.807, 2.05) is 36.4 Å². The largest absolute Gasteiger partial charge is 0.618 e. The summed E-state index contributed by atoms with van der Waals surface area (Å²) in [7, 11) is 0. The number of carbonyl (C=O) groups excluding carboxylic acids is 1. The van der Waals surface area contributed by atoms with Gasteiger partial charge in [0.05, 0.1) is 5.56 Å². The first kappa shape index (κ1) is 13.0. The maximum absolute atomic E-state index is 12.6. The Morgan fingerprint density at radius 2 is 1.68 bits per heavy atom. The zero-order chi connectivity index (χ0) is 15.3. The van der Waals surface area contributed by atoms with Gasteiger partial charge in [-0.3, -0.25) is 4.79 Å². The Kier molecular flexibility index (Phi) is 2.78. The van der Waals surface area contributed by atoms with E-state index in [0.29, 0.717) is 26.6 Å². The van der Waals surface area contributed by atoms with E-state index in [9.17, 15) is 10.0 Å². The van der Waals surface area contributed by atoms with Crippen molar-refractivity contribution in [3.8, 4) is 0 Å². The third-order valence-corrected chi connectivity index (χ3v) is 4.10. The number of rotatable bonds is 1. The molecule has 0 saturated heterocycles. The van der Waals surface area contributed by atoms with Gasteiger partial charge in [0, 0.05) is 11.1 Å². The van der Waals surface area contributed by atoms with E-state index in [1.54, 1.807) is 18.2 Å². The van der Waals surface area contributed by atoms with E-state index in [4.69, 9.17) is 11.6 Å². The van der Waals surface area contributed by atoms with Crippen LogP contribution in [0.1, 0.15) is 15.9 Å². The lowest BCUT2D eigenvalue weighted by atomic mass is 10.00. The predicted molar refractivity (Wildman–Crippen MR) is 87.1 cm³/mol. The van der Waals surface area contributed by atoms with Crippen LogP contribution < -0.4 is 0 Å². The first-order valence-corrected chi connectivity index (χ1v) is 7.20. The van der Waals surface area contributed by atoms with Gasteiger partial charge in [0.15, 0.2) is 0 Å². The number of Topliss-reactive ketones (excluding diaryl/α,β-unsaturated/α-hetero) is 1. The van der Waals surface area contributed by atoms with Gasteiger partial charge in [0.25, 0.3) is 11.5 Å². The monoisotopic (exact) mass is 307 g/mol. The van der Waals surface area contributed by atoms with Crippen LogP contribution in [0.5, 0.6) is 0 Å². The van der Waals surface area contributed by atoms with Gasteiger partial charge in [-0.25, -0.2) is 0 Å². The van der Waals surface area contributed by atoms with E-state index in [2.05, 4.69) is 0 Å². The van der Waals surface area contributed by atoms with Gasteiger partial charge in [0.1, 0.15) is 5.56 Å². The molecule has 4 heteroatoms. The molecule has 0 atom stereocenters. The minimum absolute atomic E-state index is 0.142. The van der Waals surface area contributed by atoms with E-state index >= 15 is 0 Å². The van der Waals surface area contributed by atoms with Gasteiger partial charge >= 0.3 is 0 Å². The van der Waals surface area contributed by atoms with Crippen LogP contribution in [0, 0.1) is 5.21 Å². The Morgan fingerprint density at radius 1 is 0.909 bits per heavy atom. The van der Waals surface area contributed by atoms with Crippen molar-refractivity contribution in [2.75, 3.05) is 0 Å². The number of carbonyl (C=O) groups is 1. The van der Waals surface area contributed by atoms with E-state index < -0.39 is 0 Å². The Morgan fingerprint density at radius 3 is 2.50 bits per heavy atom. The van der Waals surface area contributed by atoms with Crippen LogP contribution in [0.15, 0.2) is 60.7 Å². The fourth-order valence-corrected chi connectivity index (χ4v) is 2.96. The van der Waals surface area contributed by atoms with E-state index in [-0.39, 0.29) is 11.5 Å². The second kappa shape index (κ2) is 4.68. The molecule has 0 fully saturated rings. The second-order valence-electron chi connectivity index (χ2n) is 5.20. The Hall–Kier alpha value is -2.65. The number of nitrogens with zero attached hydrogens (tertiary/aromatic N) is 1. The average Bonchev–Trinajstić information content (AvgIpc) is 2.78. The molecular formula is C18H10ClNO2. The van der Waals surface area contributed by atoms with Crippen LogP contribution in [0.3, 0.4) is 0 Å². The molecule has 0 bridgehead atoms. The molecule has 0 aromatic heterocycles. The topological polar surface area (TPSA) is 43.1 Å². The van der Waals surface area contributed by atoms with Crippen LogP contribution in [0.25, 0.3) is 10.8 Å². The Balaban J connectivity index is 1.92. The smallest absolute Gasteiger partial charge is 0.272 e. The molecule has 1 aliphatic heterocycles. The summed E-state index contributed by atoms with van der Waals surface area (Å²) in [6.07, 6.45) is 0. The SMILES string of the molecule is O=C1C(c2ccc3ccccc3c2)=[N+]([O-])c2ccc(Cl)cc21. The quantitative estimate of drug-likeness (QED) is 0.496. The highest BCUT2D eigenvalue weighted by atomic mass is 35.5. The summed E-state index contributed by atoms with van der Waals surface area (Å²) in [6.45, 7) is 0. The molecule has 0 radical (unpaired) electrons. The summed E-state index contributed by atoms with van der Waals surface area (Å²) >= 11 is 5.93. The summed E-state index contributed by atoms with van der Waals surface area (Å²) < 4.78 is 0.693. The van der Waals surface area contributed by atoms with Crippen LogP contribution in [-0.4, -0.2) is 16.2 Å². The van der Waals surface area contributed by atoms with Crippen LogP contribution in [-0.2, 0) is 0 Å². The first-order valence-electron chi connectivity index (χ1n) is 6.83. The molecule has 0 aliphatic carbocycles. The van der Waals surface area contributed by atoms with Gasteiger partial charge < -0.3 is 5.21 Å². The lowest BCUT2D eigenvalue weighted by Crippen LogP contribution is -2.16. The molecule has 0 spiro atoms. The van der Waals surface area contributed by atoms with Gasteiger partial charge in [-0.2, -0.15) is 4.74 Å². The average molecular weight is 308 g/mol. The zero-order valence-corrected chi connectivity index (χ0v) is 12.2. The van der Waals surface area contributed by atoms with Crippen LogP contribution in [0.4, 0.5) is 5.69 Å². The van der Waals surface area contributed by atoms with Gasteiger partial charge in [-0.15, -0.1) is 0 Å². The van der Waals surface area contributed by atoms with Crippen molar-refractivity contribution >= 4 is 39.6 Å². The number of halogens is 1. The molecule has 0 N–H and O–H groups in total. The molecule has 0 amide bonds. The molecule has 3 aromatic rings. The number of fused-ring (bicyclic) bond motifs is 2. The minimum Gasteiger partial charge on any atom is -0.618 e. The molecule has 4 rings (SSSR count). The summed E-state index contributed by atoms with van der Waals surface area (Å²) in [6, 6.07) is 18.1. The Bertz CT molecular complexity index is 976. The normalized spacial score (nSPS) is 13.8. The highest BCUT2D eigenvalue weighted by molar-refractivity contribution is 6.52. The third kappa shape index (κ3) is 1.83. The lowest BCUT2D eigenvalue weighted by Gasteiger charge is -2.03.